The minimum atomic E-state index is -1.37. The van der Waals surface area contributed by atoms with Gasteiger partial charge in [-0.15, -0.1) is 0 Å². The van der Waals surface area contributed by atoms with Crippen molar-refractivity contribution in [2.24, 2.45) is 0 Å². The van der Waals surface area contributed by atoms with E-state index >= 15 is 0 Å². The van der Waals surface area contributed by atoms with Crippen LogP contribution in [0, 0.1) is 0 Å². The lowest BCUT2D eigenvalue weighted by Gasteiger charge is -2.09. The number of aliphatic hydroxyl groups excluding tert-OH is 1. The van der Waals surface area contributed by atoms with E-state index in [1.807, 2.05) is 0 Å². The summed E-state index contributed by atoms with van der Waals surface area (Å²) in [6.45, 7) is 1.75. The molecule has 0 saturated heterocycles. The maximum absolute atomic E-state index is 11.3. The monoisotopic (exact) mass is 213 g/mol. The third kappa shape index (κ3) is 4.13. The highest BCUT2D eigenvalue weighted by Gasteiger charge is 2.15. The first kappa shape index (κ1) is 6.28. The number of rotatable bonds is 5. The van der Waals surface area contributed by atoms with Crippen LogP contribution in [0.3, 0.4) is 0 Å². The maximum atomic E-state index is 11.3. The van der Waals surface area contributed by atoms with Crippen molar-refractivity contribution >= 4 is 5.97 Å². The second-order valence-electron chi connectivity index (χ2n) is 2.91. The Labute approximate surface area is 96.7 Å². The van der Waals surface area contributed by atoms with E-state index in [2.05, 4.69) is 4.74 Å². The average Bonchev–Trinajstić information content (AvgIpc) is 2.43. The number of aliphatic hydroxyl groups is 1. The predicted octanol–water partition coefficient (Wildman–Crippen LogP) is 1.54. The summed E-state index contributed by atoms with van der Waals surface area (Å²) in [6.07, 6.45) is -1.43. The number of esters is 1. The van der Waals surface area contributed by atoms with E-state index in [0.717, 1.165) is 0 Å². The molecule has 0 amide bonds. The van der Waals surface area contributed by atoms with E-state index in [9.17, 15) is 9.90 Å². The van der Waals surface area contributed by atoms with Gasteiger partial charge in [-0.1, -0.05) is 30.2 Å². The standard InChI is InChI=1S/C12H16O3/c1-2-15-12(14)11(13)9-8-10-6-4-3-5-7-10/h3-7,11,13H,2,8-9H2,1H3/t11-/m1/s1/i3D,4D,5D,6D,7D. The summed E-state index contributed by atoms with van der Waals surface area (Å²) in [6, 6.07) is -1.94. The molecule has 1 aromatic rings. The molecule has 0 bridgehead atoms. The van der Waals surface area contributed by atoms with Gasteiger partial charge >= 0.3 is 5.97 Å². The van der Waals surface area contributed by atoms with Gasteiger partial charge in [-0.25, -0.2) is 4.79 Å². The van der Waals surface area contributed by atoms with Crippen LogP contribution in [-0.4, -0.2) is 23.8 Å². The largest absolute Gasteiger partial charge is 0.464 e. The topological polar surface area (TPSA) is 46.5 Å². The van der Waals surface area contributed by atoms with Crippen molar-refractivity contribution in [2.75, 3.05) is 6.61 Å². The van der Waals surface area contributed by atoms with Crippen LogP contribution in [0.25, 0.3) is 0 Å². The molecule has 0 unspecified atom stereocenters. The molecule has 0 aliphatic carbocycles. The lowest BCUT2D eigenvalue weighted by Crippen LogP contribution is -2.23. The van der Waals surface area contributed by atoms with Crippen LogP contribution in [0.4, 0.5) is 0 Å². The van der Waals surface area contributed by atoms with Crippen LogP contribution >= 0.6 is 0 Å². The summed E-state index contributed by atoms with van der Waals surface area (Å²) in [5, 5.41) is 9.56. The molecule has 0 heterocycles. The van der Waals surface area contributed by atoms with Crippen LogP contribution < -0.4 is 0 Å². The van der Waals surface area contributed by atoms with E-state index in [-0.39, 0.29) is 37.1 Å². The third-order valence-electron chi connectivity index (χ3n) is 1.78. The van der Waals surface area contributed by atoms with Gasteiger partial charge in [0.15, 0.2) is 6.10 Å². The molecular weight excluding hydrogens is 192 g/mol. The van der Waals surface area contributed by atoms with Crippen molar-refractivity contribution in [1.82, 2.24) is 0 Å². The SMILES string of the molecule is [2H]c1c([2H])c([2H])c(CC[C@@H](O)C(=O)OCC)c([2H])c1[2H]. The molecule has 0 aliphatic heterocycles. The summed E-state index contributed by atoms with van der Waals surface area (Å²) in [7, 11) is 0. The number of hydrogen-bond acceptors (Lipinski definition) is 3. The van der Waals surface area contributed by atoms with Crippen LogP contribution in [0.1, 0.15) is 25.8 Å². The van der Waals surface area contributed by atoms with E-state index in [0.29, 0.717) is 0 Å². The molecule has 0 saturated carbocycles. The van der Waals surface area contributed by atoms with E-state index in [1.165, 1.54) is 0 Å². The third-order valence-corrected chi connectivity index (χ3v) is 1.78. The molecule has 0 aliphatic rings. The van der Waals surface area contributed by atoms with Crippen LogP contribution in [0.2, 0.25) is 0 Å². The van der Waals surface area contributed by atoms with Crippen molar-refractivity contribution < 1.29 is 21.5 Å². The summed E-state index contributed by atoms with van der Waals surface area (Å²) >= 11 is 0. The molecule has 3 nitrogen and oxygen atoms in total. The Morgan fingerprint density at radius 2 is 2.20 bits per heavy atom. The molecule has 1 aromatic carbocycles. The fourth-order valence-corrected chi connectivity index (χ4v) is 1.04. The van der Waals surface area contributed by atoms with Gasteiger partial charge < -0.3 is 9.84 Å². The molecule has 0 fully saturated rings. The first-order valence-electron chi connectivity index (χ1n) is 7.21. The highest BCUT2D eigenvalue weighted by atomic mass is 16.5. The Kier molecular flexibility index (Phi) is 2.59. The Balaban J connectivity index is 2.92. The zero-order valence-corrected chi connectivity index (χ0v) is 8.46. The fourth-order valence-electron chi connectivity index (χ4n) is 1.04. The highest BCUT2D eigenvalue weighted by molar-refractivity contribution is 5.74. The second-order valence-corrected chi connectivity index (χ2v) is 2.91. The Bertz CT molecular complexity index is 489. The number of carbonyl (C=O) groups is 1. The number of hydrogen-bond donors (Lipinski definition) is 1. The van der Waals surface area contributed by atoms with Gasteiger partial charge in [0, 0.05) is 0 Å². The Morgan fingerprint density at radius 3 is 2.80 bits per heavy atom. The molecule has 82 valence electrons. The van der Waals surface area contributed by atoms with Gasteiger partial charge in [-0.05, 0) is 25.3 Å². The lowest BCUT2D eigenvalue weighted by molar-refractivity contribution is -0.153. The molecule has 0 spiro atoms. The van der Waals surface area contributed by atoms with Crippen molar-refractivity contribution in [3.8, 4) is 0 Å². The molecule has 15 heavy (non-hydrogen) atoms. The fraction of sp³-hybridized carbons (Fsp3) is 0.417. The van der Waals surface area contributed by atoms with Gasteiger partial charge in [0.1, 0.15) is 0 Å². The second kappa shape index (κ2) is 6.19. The quantitative estimate of drug-likeness (QED) is 0.755. The zero-order valence-electron chi connectivity index (χ0n) is 13.5. The molecule has 1 rings (SSSR count). The first-order chi connectivity index (χ1) is 9.31. The molecular formula is C12H16O3. The predicted molar refractivity (Wildman–Crippen MR) is 57.4 cm³/mol. The van der Waals surface area contributed by atoms with Crippen molar-refractivity contribution in [3.63, 3.8) is 0 Å². The smallest absolute Gasteiger partial charge is 0.334 e. The van der Waals surface area contributed by atoms with E-state index in [4.69, 9.17) is 6.85 Å². The van der Waals surface area contributed by atoms with E-state index < -0.39 is 30.2 Å². The Hall–Kier alpha value is -1.35. The van der Waals surface area contributed by atoms with Crippen LogP contribution in [0.5, 0.6) is 0 Å². The molecule has 3 heteroatoms. The number of carbonyl (C=O) groups excluding carboxylic acids is 1. The average molecular weight is 213 g/mol. The van der Waals surface area contributed by atoms with Gasteiger partial charge in [-0.3, -0.25) is 0 Å². The minimum Gasteiger partial charge on any atom is -0.464 e. The highest BCUT2D eigenvalue weighted by Crippen LogP contribution is 2.05. The molecule has 1 N–H and O–H groups in total. The summed E-state index contributed by atoms with van der Waals surface area (Å²) in [5.74, 6) is -0.778. The summed E-state index contributed by atoms with van der Waals surface area (Å²) in [5.41, 5.74) is 0.0827. The molecule has 1 atom stereocenters. The summed E-state index contributed by atoms with van der Waals surface area (Å²) in [4.78, 5) is 11.3. The maximum Gasteiger partial charge on any atom is 0.334 e. The normalized spacial score (nSPS) is 16.8. The Morgan fingerprint density at radius 1 is 1.53 bits per heavy atom. The van der Waals surface area contributed by atoms with Crippen molar-refractivity contribution in [3.05, 3.63) is 35.8 Å². The number of ether oxygens (including phenoxy) is 1. The number of benzene rings is 1. The van der Waals surface area contributed by atoms with Crippen molar-refractivity contribution in [2.45, 2.75) is 25.9 Å². The lowest BCUT2D eigenvalue weighted by atomic mass is 10.1. The van der Waals surface area contributed by atoms with Gasteiger partial charge in [0.25, 0.3) is 0 Å². The van der Waals surface area contributed by atoms with Gasteiger partial charge in [0.2, 0.25) is 0 Å². The van der Waals surface area contributed by atoms with Gasteiger partial charge in [0.05, 0.1) is 13.5 Å². The molecule has 0 aromatic heterocycles. The minimum absolute atomic E-state index is 0.00428. The van der Waals surface area contributed by atoms with E-state index in [1.54, 1.807) is 6.92 Å². The zero-order chi connectivity index (χ0) is 15.4. The summed E-state index contributed by atoms with van der Waals surface area (Å²) < 4.78 is 42.5. The molecule has 0 radical (unpaired) electrons. The van der Waals surface area contributed by atoms with Crippen LogP contribution in [-0.2, 0) is 16.0 Å². The van der Waals surface area contributed by atoms with Gasteiger partial charge in [-0.2, -0.15) is 0 Å². The first-order valence-corrected chi connectivity index (χ1v) is 4.71. The van der Waals surface area contributed by atoms with Crippen molar-refractivity contribution in [1.29, 1.82) is 0 Å². The van der Waals surface area contributed by atoms with Crippen LogP contribution in [0.15, 0.2) is 30.2 Å².